The van der Waals surface area contributed by atoms with E-state index in [0.717, 1.165) is 35.3 Å². The van der Waals surface area contributed by atoms with Gasteiger partial charge in [0.2, 0.25) is 11.9 Å². The van der Waals surface area contributed by atoms with Crippen molar-refractivity contribution in [1.82, 2.24) is 14.9 Å². The molecule has 1 amide bonds. The number of anilines is 2. The van der Waals surface area contributed by atoms with Gasteiger partial charge < -0.3 is 35.8 Å². The number of phenolic OH excluding ortho intramolecular Hbond substituents is 1. The van der Waals surface area contributed by atoms with Crippen LogP contribution in [0.15, 0.2) is 60.7 Å². The maximum atomic E-state index is 13.2. The largest absolute Gasteiger partial charge is 0.508 e. The average Bonchev–Trinajstić information content (AvgIpc) is 3.13. The number of rotatable bonds is 11. The molecule has 12 heteroatoms. The highest BCUT2D eigenvalue weighted by Gasteiger charge is 2.33. The Hall–Kier alpha value is -4.58. The first-order valence-electron chi connectivity index (χ1n) is 18.8. The molecule has 2 heterocycles. The van der Waals surface area contributed by atoms with Gasteiger partial charge in [0.05, 0.1) is 25.8 Å². The normalized spacial score (nSPS) is 16.1. The molecular weight excluding hydrogens is 670 g/mol. The molecule has 2 atom stereocenters. The molecule has 3 aromatic carbocycles. The number of benzene rings is 3. The minimum atomic E-state index is -0.322. The standard InChI is InChI=1S/C29H30FN5O4.C10H20B.C2H7N/c1-38-25-15-22-23(16-26(25)39-2)32-29(33-28(22)31)35-13-12-34(17-24(35)19-4-3-5-21(36)14-19)27(37)11-8-18-6-9-20(30)10-7-18;1-8(2)9(3)7-11-10-5-4-6-10;1-2-3/h3-7,9-10,14-16,24,36H,8,11-13,17H2,1-2H3,(H2,31,32,33);8-10H,4-7H2,1-3H3;2-3H2,1H3. The van der Waals surface area contributed by atoms with Gasteiger partial charge in [-0.1, -0.05) is 83.4 Å². The second kappa shape index (κ2) is 20.0. The molecule has 1 aliphatic heterocycles. The number of amides is 1. The molecule has 1 aromatic heterocycles. The SMILES string of the molecule is CC(C)C(C)C[B]C1CCC1.CCN.COc1cc2nc(N3CCN(C(=O)CCc4ccc(F)cc4)CC3c3cccc(O)c3)nc(N)c2cc1OC. The second-order valence-electron chi connectivity index (χ2n) is 14.2. The van der Waals surface area contributed by atoms with E-state index < -0.39 is 0 Å². The molecular formula is C41H57BFN6O4. The zero-order valence-electron chi connectivity index (χ0n) is 32.2. The number of carbonyl (C=O) groups is 1. The molecule has 1 saturated carbocycles. The first-order valence-corrected chi connectivity index (χ1v) is 18.8. The van der Waals surface area contributed by atoms with Crippen LogP contribution >= 0.6 is 0 Å². The number of fused-ring (bicyclic) bond motifs is 1. The van der Waals surface area contributed by atoms with Crippen molar-refractivity contribution in [3.8, 4) is 17.2 Å². The summed E-state index contributed by atoms with van der Waals surface area (Å²) in [6.45, 7) is 10.9. The van der Waals surface area contributed by atoms with Gasteiger partial charge in [-0.2, -0.15) is 4.98 Å². The zero-order chi connectivity index (χ0) is 38.5. The predicted octanol–water partition coefficient (Wildman–Crippen LogP) is 7.44. The minimum Gasteiger partial charge on any atom is -0.508 e. The van der Waals surface area contributed by atoms with Crippen molar-refractivity contribution in [3.63, 3.8) is 0 Å². The minimum absolute atomic E-state index is 0.0000896. The fourth-order valence-corrected chi connectivity index (χ4v) is 6.28. The van der Waals surface area contributed by atoms with Crippen molar-refractivity contribution >= 4 is 35.9 Å². The summed E-state index contributed by atoms with van der Waals surface area (Å²) in [5.74, 6) is 4.31. The second-order valence-corrected chi connectivity index (χ2v) is 14.2. The van der Waals surface area contributed by atoms with Gasteiger partial charge in [-0.15, -0.1) is 0 Å². The molecule has 0 spiro atoms. The Morgan fingerprint density at radius 1 is 1.02 bits per heavy atom. The van der Waals surface area contributed by atoms with Crippen LogP contribution in [0, 0.1) is 17.7 Å². The number of phenols is 1. The lowest BCUT2D eigenvalue weighted by Crippen LogP contribution is -2.51. The van der Waals surface area contributed by atoms with Gasteiger partial charge in [0.15, 0.2) is 11.5 Å². The lowest BCUT2D eigenvalue weighted by atomic mass is 9.51. The number of aromatic nitrogens is 2. The Balaban J connectivity index is 0.000000378. The Kier molecular flexibility index (Phi) is 15.6. The molecule has 10 nitrogen and oxygen atoms in total. The number of methoxy groups -OCH3 is 2. The van der Waals surface area contributed by atoms with Crippen molar-refractivity contribution in [1.29, 1.82) is 0 Å². The van der Waals surface area contributed by atoms with E-state index in [1.807, 2.05) is 22.8 Å². The number of hydrogen-bond donors (Lipinski definition) is 3. The number of aromatic hydroxyl groups is 1. The van der Waals surface area contributed by atoms with Gasteiger partial charge in [0.25, 0.3) is 0 Å². The maximum Gasteiger partial charge on any atom is 0.228 e. The van der Waals surface area contributed by atoms with Gasteiger partial charge in [0, 0.05) is 37.5 Å². The fraction of sp³-hybridized carbons (Fsp3) is 0.488. The van der Waals surface area contributed by atoms with E-state index in [-0.39, 0.29) is 23.5 Å². The smallest absolute Gasteiger partial charge is 0.228 e. The van der Waals surface area contributed by atoms with E-state index in [9.17, 15) is 14.3 Å². The average molecular weight is 728 g/mol. The van der Waals surface area contributed by atoms with Crippen molar-refractivity contribution in [3.05, 3.63) is 77.6 Å². The van der Waals surface area contributed by atoms with Gasteiger partial charge in [-0.3, -0.25) is 4.79 Å². The molecule has 0 bridgehead atoms. The molecule has 1 aliphatic carbocycles. The molecule has 2 fully saturated rings. The summed E-state index contributed by atoms with van der Waals surface area (Å²) in [4.78, 5) is 26.4. The quantitative estimate of drug-likeness (QED) is 0.135. The number of halogens is 1. The highest BCUT2D eigenvalue weighted by Crippen LogP contribution is 2.37. The number of piperazine rings is 1. The van der Waals surface area contributed by atoms with Crippen LogP contribution in [0.25, 0.3) is 10.9 Å². The number of aryl methyl sites for hydroxylation is 1. The third kappa shape index (κ3) is 11.5. The number of hydrogen-bond acceptors (Lipinski definition) is 9. The molecule has 2 aliphatic rings. The zero-order valence-corrected chi connectivity index (χ0v) is 32.2. The first kappa shape index (κ1) is 41.2. The summed E-state index contributed by atoms with van der Waals surface area (Å²) >= 11 is 0. The van der Waals surface area contributed by atoms with Gasteiger partial charge in [-0.25, -0.2) is 9.37 Å². The van der Waals surface area contributed by atoms with Crippen molar-refractivity contribution < 1.29 is 23.8 Å². The monoisotopic (exact) mass is 727 g/mol. The van der Waals surface area contributed by atoms with Gasteiger partial charge >= 0.3 is 0 Å². The Bertz CT molecular complexity index is 1760. The van der Waals surface area contributed by atoms with Crippen molar-refractivity contribution in [2.24, 2.45) is 17.6 Å². The van der Waals surface area contributed by atoms with Gasteiger partial charge in [-0.05, 0) is 66.3 Å². The number of ether oxygens (including phenoxy) is 2. The summed E-state index contributed by atoms with van der Waals surface area (Å²) in [6, 6.07) is 16.3. The Labute approximate surface area is 315 Å². The number of nitrogens with zero attached hydrogens (tertiary/aromatic N) is 4. The molecule has 1 radical (unpaired) electrons. The van der Waals surface area contributed by atoms with Crippen LogP contribution in [-0.2, 0) is 11.2 Å². The summed E-state index contributed by atoms with van der Waals surface area (Å²) in [7, 11) is 5.66. The fourth-order valence-electron chi connectivity index (χ4n) is 6.28. The number of carbonyl (C=O) groups excluding carboxylic acids is 1. The molecule has 4 aromatic rings. The van der Waals surface area contributed by atoms with Crippen LogP contribution in [0.3, 0.4) is 0 Å². The molecule has 53 heavy (non-hydrogen) atoms. The molecule has 1 saturated heterocycles. The third-order valence-corrected chi connectivity index (χ3v) is 10.1. The first-order chi connectivity index (χ1) is 25.5. The lowest BCUT2D eigenvalue weighted by Gasteiger charge is -2.42. The van der Waals surface area contributed by atoms with Crippen molar-refractivity contribution in [2.45, 2.75) is 78.0 Å². The molecule has 285 valence electrons. The van der Waals surface area contributed by atoms with Crippen LogP contribution in [-0.4, -0.2) is 73.6 Å². The Morgan fingerprint density at radius 2 is 1.70 bits per heavy atom. The number of nitrogens with two attached hydrogens (primary N) is 2. The Morgan fingerprint density at radius 3 is 2.30 bits per heavy atom. The topological polar surface area (TPSA) is 140 Å². The highest BCUT2D eigenvalue weighted by molar-refractivity contribution is 6.37. The van der Waals surface area contributed by atoms with E-state index in [1.165, 1.54) is 37.7 Å². The van der Waals surface area contributed by atoms with E-state index in [0.29, 0.717) is 66.6 Å². The number of nitrogen functional groups attached to an aromatic ring is 1. The lowest BCUT2D eigenvalue weighted by molar-refractivity contribution is -0.132. The summed E-state index contributed by atoms with van der Waals surface area (Å²) < 4.78 is 24.1. The summed E-state index contributed by atoms with van der Waals surface area (Å²) in [5.41, 5.74) is 13.5. The van der Waals surface area contributed by atoms with Gasteiger partial charge in [0.1, 0.15) is 24.7 Å². The highest BCUT2D eigenvalue weighted by atomic mass is 19.1. The maximum absolute atomic E-state index is 13.2. The van der Waals surface area contributed by atoms with Crippen LogP contribution in [0.2, 0.25) is 12.1 Å². The van der Waals surface area contributed by atoms with E-state index in [2.05, 4.69) is 33.0 Å². The van der Waals surface area contributed by atoms with Crippen molar-refractivity contribution in [2.75, 3.05) is 51.0 Å². The molecule has 6 rings (SSSR count). The molecule has 5 N–H and O–H groups in total. The van der Waals surface area contributed by atoms with Crippen LogP contribution in [0.1, 0.15) is 70.5 Å². The van der Waals surface area contributed by atoms with E-state index >= 15 is 0 Å². The predicted molar refractivity (Wildman–Crippen MR) is 213 cm³/mol. The summed E-state index contributed by atoms with van der Waals surface area (Å²) in [6.07, 6.45) is 6.56. The van der Waals surface area contributed by atoms with E-state index in [1.54, 1.807) is 56.7 Å². The van der Waals surface area contributed by atoms with Crippen LogP contribution in [0.5, 0.6) is 17.2 Å². The van der Waals surface area contributed by atoms with Crippen LogP contribution < -0.4 is 25.8 Å². The summed E-state index contributed by atoms with van der Waals surface area (Å²) in [5, 5.41) is 10.8. The molecule has 2 unspecified atom stereocenters. The van der Waals surface area contributed by atoms with E-state index in [4.69, 9.17) is 25.9 Å². The van der Waals surface area contributed by atoms with Crippen LogP contribution in [0.4, 0.5) is 16.2 Å². The third-order valence-electron chi connectivity index (χ3n) is 10.1.